The third-order valence-electron chi connectivity index (χ3n) is 2.91. The molecule has 0 saturated heterocycles. The van der Waals surface area contributed by atoms with Gasteiger partial charge in [0.2, 0.25) is 5.56 Å². The molecule has 0 aromatic carbocycles. The average molecular weight is 222 g/mol. The van der Waals surface area contributed by atoms with Crippen LogP contribution in [0, 0.1) is 0 Å². The van der Waals surface area contributed by atoms with Gasteiger partial charge in [-0.2, -0.15) is 0 Å². The van der Waals surface area contributed by atoms with Crippen LogP contribution in [0.4, 0.5) is 0 Å². The van der Waals surface area contributed by atoms with Crippen molar-refractivity contribution in [3.05, 3.63) is 34.2 Å². The first-order valence-electron chi connectivity index (χ1n) is 5.28. The topological polar surface area (TPSA) is 82.2 Å². The van der Waals surface area contributed by atoms with Crippen LogP contribution in [0.2, 0.25) is 0 Å². The molecule has 0 bridgehead atoms. The number of aliphatic hydroxyl groups is 1. The number of nitrogens with one attached hydrogen (secondary N) is 2. The Balaban J connectivity index is 1.92. The van der Waals surface area contributed by atoms with E-state index in [4.69, 9.17) is 0 Å². The number of hydrogen-bond acceptors (Lipinski definition) is 3. The van der Waals surface area contributed by atoms with Gasteiger partial charge in [-0.05, 0) is 25.3 Å². The highest BCUT2D eigenvalue weighted by Gasteiger charge is 2.34. The van der Waals surface area contributed by atoms with Gasteiger partial charge in [-0.3, -0.25) is 9.59 Å². The summed E-state index contributed by atoms with van der Waals surface area (Å²) in [4.78, 5) is 24.8. The molecule has 0 atom stereocenters. The highest BCUT2D eigenvalue weighted by Crippen LogP contribution is 2.30. The van der Waals surface area contributed by atoms with Crippen molar-refractivity contribution in [2.75, 3.05) is 6.54 Å². The SMILES string of the molecule is O=C(NCC1(O)CCC1)c1ccc(=O)[nH]c1. The highest BCUT2D eigenvalue weighted by molar-refractivity contribution is 5.93. The summed E-state index contributed by atoms with van der Waals surface area (Å²) >= 11 is 0. The molecule has 1 aliphatic carbocycles. The second-order valence-corrected chi connectivity index (χ2v) is 4.20. The minimum Gasteiger partial charge on any atom is -0.388 e. The second-order valence-electron chi connectivity index (χ2n) is 4.20. The molecule has 3 N–H and O–H groups in total. The number of pyridine rings is 1. The molecular weight excluding hydrogens is 208 g/mol. The standard InChI is InChI=1S/C11H14N2O3/c14-9-3-2-8(6-12-9)10(15)13-7-11(16)4-1-5-11/h2-3,6,16H,1,4-5,7H2,(H,12,14)(H,13,15). The molecule has 1 heterocycles. The van der Waals surface area contributed by atoms with Crippen molar-refractivity contribution in [1.82, 2.24) is 10.3 Å². The number of hydrogen-bond donors (Lipinski definition) is 3. The van der Waals surface area contributed by atoms with Crippen molar-refractivity contribution >= 4 is 5.91 Å². The third kappa shape index (κ3) is 2.30. The van der Waals surface area contributed by atoms with E-state index in [2.05, 4.69) is 10.3 Å². The summed E-state index contributed by atoms with van der Waals surface area (Å²) in [7, 11) is 0. The van der Waals surface area contributed by atoms with Crippen molar-refractivity contribution in [2.45, 2.75) is 24.9 Å². The first-order chi connectivity index (χ1) is 7.59. The first-order valence-corrected chi connectivity index (χ1v) is 5.28. The smallest absolute Gasteiger partial charge is 0.252 e. The first kappa shape index (κ1) is 10.9. The summed E-state index contributed by atoms with van der Waals surface area (Å²) in [5.74, 6) is -0.281. The van der Waals surface area contributed by atoms with Crippen molar-refractivity contribution in [2.24, 2.45) is 0 Å². The fraction of sp³-hybridized carbons (Fsp3) is 0.455. The maximum Gasteiger partial charge on any atom is 0.252 e. The summed E-state index contributed by atoms with van der Waals surface area (Å²) in [6.07, 6.45) is 3.84. The van der Waals surface area contributed by atoms with Crippen molar-refractivity contribution in [1.29, 1.82) is 0 Å². The number of aromatic amines is 1. The lowest BCUT2D eigenvalue weighted by atomic mass is 9.80. The summed E-state index contributed by atoms with van der Waals surface area (Å²) in [6.45, 7) is 0.269. The number of carbonyl (C=O) groups is 1. The van der Waals surface area contributed by atoms with E-state index in [9.17, 15) is 14.7 Å². The van der Waals surface area contributed by atoms with Gasteiger partial charge in [0.05, 0.1) is 11.2 Å². The molecule has 1 amide bonds. The predicted octanol–water partition coefficient (Wildman–Crippen LogP) is 0.0197. The molecule has 0 spiro atoms. The zero-order chi connectivity index (χ0) is 11.6. The van der Waals surface area contributed by atoms with Gasteiger partial charge in [0.15, 0.2) is 0 Å². The molecule has 0 unspecified atom stereocenters. The zero-order valence-corrected chi connectivity index (χ0v) is 8.82. The lowest BCUT2D eigenvalue weighted by Crippen LogP contribution is -2.47. The maximum absolute atomic E-state index is 11.6. The van der Waals surface area contributed by atoms with E-state index in [1.807, 2.05) is 0 Å². The third-order valence-corrected chi connectivity index (χ3v) is 2.91. The molecule has 1 fully saturated rings. The lowest BCUT2D eigenvalue weighted by molar-refractivity contribution is -0.0300. The Morgan fingerprint density at radius 1 is 1.50 bits per heavy atom. The van der Waals surface area contributed by atoms with Crippen LogP contribution in [0.25, 0.3) is 0 Å². The van der Waals surface area contributed by atoms with E-state index < -0.39 is 5.60 Å². The second kappa shape index (κ2) is 4.09. The Morgan fingerprint density at radius 3 is 2.75 bits per heavy atom. The molecular formula is C11H14N2O3. The van der Waals surface area contributed by atoms with Gasteiger partial charge < -0.3 is 15.4 Å². The van der Waals surface area contributed by atoms with E-state index >= 15 is 0 Å². The van der Waals surface area contributed by atoms with Crippen LogP contribution < -0.4 is 10.9 Å². The lowest BCUT2D eigenvalue weighted by Gasteiger charge is -2.36. The monoisotopic (exact) mass is 222 g/mol. The molecule has 5 heteroatoms. The Hall–Kier alpha value is -1.62. The van der Waals surface area contributed by atoms with E-state index in [0.717, 1.165) is 19.3 Å². The van der Waals surface area contributed by atoms with Crippen LogP contribution in [0.1, 0.15) is 29.6 Å². The Kier molecular flexibility index (Phi) is 2.78. The summed E-state index contributed by atoms with van der Waals surface area (Å²) in [6, 6.07) is 2.76. The average Bonchev–Trinajstić information content (AvgIpc) is 2.24. The number of H-pyrrole nitrogens is 1. The van der Waals surface area contributed by atoms with Gasteiger partial charge in [0.25, 0.3) is 5.91 Å². The Morgan fingerprint density at radius 2 is 2.25 bits per heavy atom. The molecule has 2 rings (SSSR count). The molecule has 1 aliphatic rings. The summed E-state index contributed by atoms with van der Waals surface area (Å²) in [5, 5.41) is 12.4. The summed E-state index contributed by atoms with van der Waals surface area (Å²) < 4.78 is 0. The molecule has 86 valence electrons. The zero-order valence-electron chi connectivity index (χ0n) is 8.82. The van der Waals surface area contributed by atoms with Crippen LogP contribution in [-0.4, -0.2) is 28.1 Å². The molecule has 5 nitrogen and oxygen atoms in total. The van der Waals surface area contributed by atoms with Gasteiger partial charge >= 0.3 is 0 Å². The molecule has 16 heavy (non-hydrogen) atoms. The quantitative estimate of drug-likeness (QED) is 0.674. The summed E-state index contributed by atoms with van der Waals surface area (Å²) in [5.41, 5.74) is -0.575. The van der Waals surface area contributed by atoms with Gasteiger partial charge in [-0.25, -0.2) is 0 Å². The molecule has 1 aromatic rings. The van der Waals surface area contributed by atoms with Crippen LogP contribution in [-0.2, 0) is 0 Å². The van der Waals surface area contributed by atoms with Crippen LogP contribution in [0.5, 0.6) is 0 Å². The number of rotatable bonds is 3. The maximum atomic E-state index is 11.6. The number of carbonyl (C=O) groups excluding carboxylic acids is 1. The fourth-order valence-electron chi connectivity index (χ4n) is 1.66. The largest absolute Gasteiger partial charge is 0.388 e. The van der Waals surface area contributed by atoms with Gasteiger partial charge in [0, 0.05) is 18.8 Å². The number of amides is 1. The molecule has 0 radical (unpaired) electrons. The van der Waals surface area contributed by atoms with E-state index in [0.29, 0.717) is 5.56 Å². The molecule has 1 aromatic heterocycles. The minimum atomic E-state index is -0.724. The van der Waals surface area contributed by atoms with Crippen molar-refractivity contribution in [3.63, 3.8) is 0 Å². The minimum absolute atomic E-state index is 0.242. The van der Waals surface area contributed by atoms with Crippen LogP contribution in [0.15, 0.2) is 23.1 Å². The molecule has 1 saturated carbocycles. The van der Waals surface area contributed by atoms with Crippen LogP contribution >= 0.6 is 0 Å². The van der Waals surface area contributed by atoms with E-state index in [1.54, 1.807) is 0 Å². The highest BCUT2D eigenvalue weighted by atomic mass is 16.3. The predicted molar refractivity (Wildman–Crippen MR) is 58.2 cm³/mol. The van der Waals surface area contributed by atoms with Gasteiger partial charge in [-0.1, -0.05) is 0 Å². The Labute approximate surface area is 92.5 Å². The van der Waals surface area contributed by atoms with Gasteiger partial charge in [0.1, 0.15) is 0 Å². The van der Waals surface area contributed by atoms with E-state index in [-0.39, 0.29) is 18.0 Å². The normalized spacial score (nSPS) is 17.6. The molecule has 0 aliphatic heterocycles. The Bertz CT molecular complexity index is 428. The van der Waals surface area contributed by atoms with Crippen molar-refractivity contribution in [3.8, 4) is 0 Å². The number of aromatic nitrogens is 1. The van der Waals surface area contributed by atoms with Crippen molar-refractivity contribution < 1.29 is 9.90 Å². The van der Waals surface area contributed by atoms with Gasteiger partial charge in [-0.15, -0.1) is 0 Å². The fourth-order valence-corrected chi connectivity index (χ4v) is 1.66. The van der Waals surface area contributed by atoms with Crippen LogP contribution in [0.3, 0.4) is 0 Å². The van der Waals surface area contributed by atoms with E-state index in [1.165, 1.54) is 18.3 Å².